The van der Waals surface area contributed by atoms with E-state index in [1.807, 2.05) is 52.8 Å². The summed E-state index contributed by atoms with van der Waals surface area (Å²) >= 11 is 0. The summed E-state index contributed by atoms with van der Waals surface area (Å²) in [6.45, 7) is 9.78. The lowest BCUT2D eigenvalue weighted by Gasteiger charge is -2.21. The van der Waals surface area contributed by atoms with Gasteiger partial charge in [-0.2, -0.15) is 26.3 Å². The van der Waals surface area contributed by atoms with Crippen LogP contribution in [0.3, 0.4) is 0 Å². The van der Waals surface area contributed by atoms with Crippen molar-refractivity contribution in [2.75, 3.05) is 0 Å². The van der Waals surface area contributed by atoms with Crippen LogP contribution in [0.25, 0.3) is 55.8 Å². The summed E-state index contributed by atoms with van der Waals surface area (Å²) in [5.41, 5.74) is 5.39. The first-order valence-electron chi connectivity index (χ1n) is 16.2. The number of alkyl halides is 6. The Kier molecular flexibility index (Phi) is 7.80. The van der Waals surface area contributed by atoms with E-state index >= 15 is 0 Å². The number of carbonyl (C=O) groups excluding carboxylic acids is 1. The average molecular weight is 685 g/mol. The molecule has 1 aliphatic rings. The van der Waals surface area contributed by atoms with Crippen molar-refractivity contribution in [1.29, 1.82) is 0 Å². The third-order valence-corrected chi connectivity index (χ3v) is 9.15. The zero-order chi connectivity index (χ0) is 35.9. The lowest BCUT2D eigenvalue weighted by Crippen LogP contribution is -2.09. The minimum absolute atomic E-state index is 0.187. The predicted molar refractivity (Wildman–Crippen MR) is 180 cm³/mol. The Morgan fingerprint density at radius 3 is 1.32 bits per heavy atom. The summed E-state index contributed by atoms with van der Waals surface area (Å²) in [5, 5.41) is 0. The van der Waals surface area contributed by atoms with Crippen molar-refractivity contribution in [3.05, 3.63) is 106 Å². The highest BCUT2D eigenvalue weighted by Gasteiger charge is 2.35. The van der Waals surface area contributed by atoms with Gasteiger partial charge in [0.2, 0.25) is 5.78 Å². The second-order valence-electron chi connectivity index (χ2n) is 13.1. The molecular weight excluding hydrogens is 654 g/mol. The van der Waals surface area contributed by atoms with Crippen molar-refractivity contribution < 1.29 is 31.1 Å². The standard InChI is InChI=1S/C39H30F6N4O/c1-6-20-7-16-25-26(17-20)37(50)36-31(25)48-34-27(18(2)3)32-33(28(19(4)5)35(34)49-36)47-30(22-10-14-24(15-11-22)39(43,44)45)29(46-32)21-8-12-23(13-9-21)38(40,41)42/h7-19H,6H2,1-5H3. The van der Waals surface area contributed by atoms with Gasteiger partial charge in [-0.1, -0.05) is 71.0 Å². The molecule has 2 heterocycles. The maximum absolute atomic E-state index is 13.7. The van der Waals surface area contributed by atoms with Crippen LogP contribution in [0.2, 0.25) is 0 Å². The van der Waals surface area contributed by atoms with Crippen LogP contribution >= 0.6 is 0 Å². The van der Waals surface area contributed by atoms with E-state index in [0.29, 0.717) is 61.1 Å². The van der Waals surface area contributed by atoms with Crippen LogP contribution in [0, 0.1) is 0 Å². The molecule has 254 valence electrons. The van der Waals surface area contributed by atoms with Gasteiger partial charge in [0.25, 0.3) is 0 Å². The van der Waals surface area contributed by atoms with Crippen molar-refractivity contribution in [2.24, 2.45) is 0 Å². The summed E-state index contributed by atoms with van der Waals surface area (Å²) in [6, 6.07) is 14.6. The number of rotatable bonds is 5. The molecule has 0 saturated carbocycles. The van der Waals surface area contributed by atoms with Crippen molar-refractivity contribution >= 4 is 27.9 Å². The molecule has 11 heteroatoms. The molecule has 0 N–H and O–H groups in total. The molecule has 6 aromatic rings. The maximum atomic E-state index is 13.7. The molecule has 0 atom stereocenters. The minimum Gasteiger partial charge on any atom is -0.287 e. The normalized spacial score (nSPS) is 13.2. The first-order chi connectivity index (χ1) is 23.6. The highest BCUT2D eigenvalue weighted by Crippen LogP contribution is 2.44. The molecule has 0 amide bonds. The Morgan fingerprint density at radius 2 is 0.940 bits per heavy atom. The van der Waals surface area contributed by atoms with Crippen LogP contribution in [0.4, 0.5) is 26.3 Å². The molecule has 4 aromatic carbocycles. The van der Waals surface area contributed by atoms with E-state index in [9.17, 15) is 31.1 Å². The average Bonchev–Trinajstić information content (AvgIpc) is 3.34. The third kappa shape index (κ3) is 5.39. The fourth-order valence-corrected chi connectivity index (χ4v) is 6.66. The van der Waals surface area contributed by atoms with Crippen LogP contribution in [-0.4, -0.2) is 25.7 Å². The van der Waals surface area contributed by atoms with Gasteiger partial charge in [0.05, 0.1) is 44.6 Å². The van der Waals surface area contributed by atoms with Crippen LogP contribution in [-0.2, 0) is 18.8 Å². The first-order valence-corrected chi connectivity index (χ1v) is 16.2. The van der Waals surface area contributed by atoms with Gasteiger partial charge in [0.1, 0.15) is 11.4 Å². The van der Waals surface area contributed by atoms with Gasteiger partial charge < -0.3 is 0 Å². The quantitative estimate of drug-likeness (QED) is 0.133. The number of halogens is 6. The largest absolute Gasteiger partial charge is 0.416 e. The van der Waals surface area contributed by atoms with E-state index in [4.69, 9.17) is 19.9 Å². The number of benzene rings is 4. The van der Waals surface area contributed by atoms with Crippen LogP contribution in [0.5, 0.6) is 0 Å². The molecule has 0 radical (unpaired) electrons. The van der Waals surface area contributed by atoms with Gasteiger partial charge in [0, 0.05) is 33.4 Å². The zero-order valence-electron chi connectivity index (χ0n) is 27.7. The van der Waals surface area contributed by atoms with Gasteiger partial charge in [-0.25, -0.2) is 19.9 Å². The topological polar surface area (TPSA) is 68.6 Å². The lowest BCUT2D eigenvalue weighted by molar-refractivity contribution is -0.138. The Morgan fingerprint density at radius 1 is 0.540 bits per heavy atom. The molecule has 50 heavy (non-hydrogen) atoms. The second-order valence-corrected chi connectivity index (χ2v) is 13.1. The number of hydrogen-bond donors (Lipinski definition) is 0. The summed E-state index contributed by atoms with van der Waals surface area (Å²) in [6.07, 6.45) is -8.40. The van der Waals surface area contributed by atoms with E-state index in [0.717, 1.165) is 36.2 Å². The second kappa shape index (κ2) is 11.7. The monoisotopic (exact) mass is 684 g/mol. The Hall–Kier alpha value is -5.19. The number of fused-ring (bicyclic) bond motifs is 5. The molecule has 2 aromatic heterocycles. The molecule has 0 fully saturated rings. The summed E-state index contributed by atoms with van der Waals surface area (Å²) in [4.78, 5) is 33.9. The molecule has 5 nitrogen and oxygen atoms in total. The number of aromatic nitrogens is 4. The molecule has 0 saturated heterocycles. The molecule has 0 spiro atoms. The summed E-state index contributed by atoms with van der Waals surface area (Å²) in [7, 11) is 0. The van der Waals surface area contributed by atoms with E-state index in [2.05, 4.69) is 0 Å². The SMILES string of the molecule is CCc1ccc2c(c1)C(=O)c1nc3c(C(C)C)c4nc(-c5ccc(C(F)(F)F)cc5)c(-c5ccc(C(F)(F)F)cc5)nc4c(C(C)C)c3nc1-2. The Bertz CT molecular complexity index is 2340. The number of hydrogen-bond acceptors (Lipinski definition) is 5. The smallest absolute Gasteiger partial charge is 0.287 e. The predicted octanol–water partition coefficient (Wildman–Crippen LogP) is 11.0. The highest BCUT2D eigenvalue weighted by atomic mass is 19.4. The van der Waals surface area contributed by atoms with Crippen LogP contribution in [0.1, 0.15) is 90.3 Å². The van der Waals surface area contributed by atoms with Gasteiger partial charge in [-0.3, -0.25) is 4.79 Å². The Balaban J connectivity index is 1.58. The van der Waals surface area contributed by atoms with Crippen LogP contribution < -0.4 is 0 Å². The molecular formula is C39H30F6N4O. The summed E-state index contributed by atoms with van der Waals surface area (Å²) in [5.74, 6) is -0.639. The number of nitrogens with zero attached hydrogens (tertiary/aromatic N) is 4. The van der Waals surface area contributed by atoms with Gasteiger partial charge in [-0.15, -0.1) is 0 Å². The summed E-state index contributed by atoms with van der Waals surface area (Å²) < 4.78 is 81.1. The molecule has 7 rings (SSSR count). The molecule has 0 bridgehead atoms. The zero-order valence-corrected chi connectivity index (χ0v) is 27.7. The number of ketones is 1. The van der Waals surface area contributed by atoms with Crippen molar-refractivity contribution in [3.8, 4) is 33.8 Å². The van der Waals surface area contributed by atoms with Crippen molar-refractivity contribution in [2.45, 2.75) is 65.2 Å². The first kappa shape index (κ1) is 33.3. The van der Waals surface area contributed by atoms with E-state index in [1.165, 1.54) is 24.3 Å². The van der Waals surface area contributed by atoms with Crippen molar-refractivity contribution in [1.82, 2.24) is 19.9 Å². The molecule has 0 aliphatic heterocycles. The Labute approximate surface area is 283 Å². The number of aryl methyl sites for hydroxylation is 1. The fraction of sp³-hybridized carbons (Fsp3) is 0.256. The lowest BCUT2D eigenvalue weighted by atomic mass is 9.90. The van der Waals surface area contributed by atoms with E-state index < -0.39 is 23.5 Å². The third-order valence-electron chi connectivity index (χ3n) is 9.15. The molecule has 1 aliphatic carbocycles. The van der Waals surface area contributed by atoms with Crippen molar-refractivity contribution in [3.63, 3.8) is 0 Å². The van der Waals surface area contributed by atoms with Gasteiger partial charge in [0.15, 0.2) is 0 Å². The van der Waals surface area contributed by atoms with Crippen LogP contribution in [0.15, 0.2) is 66.7 Å². The molecule has 0 unspecified atom stereocenters. The highest BCUT2D eigenvalue weighted by molar-refractivity contribution is 6.21. The van der Waals surface area contributed by atoms with Gasteiger partial charge in [-0.05, 0) is 54.2 Å². The van der Waals surface area contributed by atoms with Gasteiger partial charge >= 0.3 is 12.4 Å². The fourth-order valence-electron chi connectivity index (χ4n) is 6.66. The van der Waals surface area contributed by atoms with E-state index in [-0.39, 0.29) is 34.7 Å². The van der Waals surface area contributed by atoms with E-state index in [1.54, 1.807) is 0 Å². The minimum atomic E-state index is -4.58. The maximum Gasteiger partial charge on any atom is 0.416 e. The number of carbonyl (C=O) groups is 1.